The van der Waals surface area contributed by atoms with E-state index in [0.29, 0.717) is 0 Å². The molecule has 0 saturated carbocycles. The Morgan fingerprint density at radius 2 is 2.33 bits per heavy atom. The minimum atomic E-state index is 0.0262. The first-order valence-electron chi connectivity index (χ1n) is 5.35. The molecule has 1 aromatic carbocycles. The molecular weight excluding hydrogens is 190 g/mol. The Morgan fingerprint density at radius 3 is 3.13 bits per heavy atom. The molecule has 0 saturated heterocycles. The van der Waals surface area contributed by atoms with Crippen molar-refractivity contribution < 1.29 is 9.53 Å². The summed E-state index contributed by atoms with van der Waals surface area (Å²) in [6.45, 7) is 3.53. The van der Waals surface area contributed by atoms with E-state index >= 15 is 0 Å². The molecule has 0 aromatic heterocycles. The lowest BCUT2D eigenvalue weighted by Gasteiger charge is -2.17. The molecule has 3 nitrogen and oxygen atoms in total. The van der Waals surface area contributed by atoms with Crippen LogP contribution in [0.2, 0.25) is 0 Å². The average molecular weight is 205 g/mol. The molecule has 15 heavy (non-hydrogen) atoms. The first-order valence-corrected chi connectivity index (χ1v) is 5.35. The van der Waals surface area contributed by atoms with E-state index < -0.39 is 0 Å². The van der Waals surface area contributed by atoms with Crippen LogP contribution in [0.1, 0.15) is 29.3 Å². The van der Waals surface area contributed by atoms with Crippen molar-refractivity contribution in [3.05, 3.63) is 29.3 Å². The van der Waals surface area contributed by atoms with Crippen LogP contribution in [-0.4, -0.2) is 19.1 Å². The van der Waals surface area contributed by atoms with E-state index in [-0.39, 0.29) is 5.91 Å². The van der Waals surface area contributed by atoms with Gasteiger partial charge in [0.15, 0.2) is 0 Å². The second kappa shape index (κ2) is 4.34. The van der Waals surface area contributed by atoms with Crippen LogP contribution in [0.5, 0.6) is 5.75 Å². The third-order valence-corrected chi connectivity index (χ3v) is 2.47. The fourth-order valence-corrected chi connectivity index (χ4v) is 1.71. The first-order chi connectivity index (χ1) is 7.31. The minimum absolute atomic E-state index is 0.0262. The van der Waals surface area contributed by atoms with Gasteiger partial charge in [-0.25, -0.2) is 0 Å². The summed E-state index contributed by atoms with van der Waals surface area (Å²) in [5.41, 5.74) is 1.87. The number of carbonyl (C=O) groups is 1. The van der Waals surface area contributed by atoms with Crippen molar-refractivity contribution in [1.29, 1.82) is 0 Å². The highest BCUT2D eigenvalue weighted by Gasteiger charge is 2.16. The molecule has 1 aliphatic heterocycles. The first kappa shape index (κ1) is 10.0. The number of nitrogens with one attached hydrogen (secondary N) is 1. The average Bonchev–Trinajstić information content (AvgIpc) is 2.26. The van der Waals surface area contributed by atoms with Crippen molar-refractivity contribution in [3.63, 3.8) is 0 Å². The maximum absolute atomic E-state index is 11.5. The van der Waals surface area contributed by atoms with E-state index in [4.69, 9.17) is 4.74 Å². The fraction of sp³-hybridized carbons (Fsp3) is 0.417. The maximum atomic E-state index is 11.5. The zero-order chi connectivity index (χ0) is 10.7. The highest BCUT2D eigenvalue weighted by atomic mass is 16.5. The van der Waals surface area contributed by atoms with E-state index in [2.05, 4.69) is 12.2 Å². The van der Waals surface area contributed by atoms with E-state index in [1.54, 1.807) is 0 Å². The summed E-state index contributed by atoms with van der Waals surface area (Å²) in [6.07, 6.45) is 1.89. The molecule has 1 aliphatic rings. The summed E-state index contributed by atoms with van der Waals surface area (Å²) in [6, 6.07) is 5.68. The van der Waals surface area contributed by atoms with Crippen molar-refractivity contribution in [2.75, 3.05) is 13.2 Å². The van der Waals surface area contributed by atoms with E-state index in [0.717, 1.165) is 42.9 Å². The molecule has 1 aromatic rings. The second-order valence-electron chi connectivity index (χ2n) is 3.67. The molecule has 1 amide bonds. The number of amides is 1. The Hall–Kier alpha value is -1.51. The predicted octanol–water partition coefficient (Wildman–Crippen LogP) is 1.76. The second-order valence-corrected chi connectivity index (χ2v) is 3.67. The zero-order valence-electron chi connectivity index (χ0n) is 8.88. The van der Waals surface area contributed by atoms with Gasteiger partial charge in [0.25, 0.3) is 5.91 Å². The molecule has 0 atom stereocenters. The molecule has 0 bridgehead atoms. The van der Waals surface area contributed by atoms with Crippen molar-refractivity contribution in [2.45, 2.75) is 19.8 Å². The van der Waals surface area contributed by atoms with Gasteiger partial charge in [-0.05, 0) is 36.6 Å². The SMILES string of the molecule is CCCOc1ccc2c(c1)CCNC2=O. The van der Waals surface area contributed by atoms with Gasteiger partial charge >= 0.3 is 0 Å². The summed E-state index contributed by atoms with van der Waals surface area (Å²) in [4.78, 5) is 11.5. The van der Waals surface area contributed by atoms with E-state index in [1.807, 2.05) is 18.2 Å². The molecule has 0 radical (unpaired) electrons. The third kappa shape index (κ3) is 2.12. The lowest BCUT2D eigenvalue weighted by molar-refractivity contribution is 0.0946. The highest BCUT2D eigenvalue weighted by molar-refractivity contribution is 5.96. The topological polar surface area (TPSA) is 38.3 Å². The molecule has 0 spiro atoms. The lowest BCUT2D eigenvalue weighted by Crippen LogP contribution is -2.31. The molecule has 2 rings (SSSR count). The summed E-state index contributed by atoms with van der Waals surface area (Å²) < 4.78 is 5.52. The zero-order valence-corrected chi connectivity index (χ0v) is 8.88. The largest absolute Gasteiger partial charge is 0.494 e. The lowest BCUT2D eigenvalue weighted by atomic mass is 10.0. The van der Waals surface area contributed by atoms with Gasteiger partial charge in [0.2, 0.25) is 0 Å². The Labute approximate surface area is 89.4 Å². The quantitative estimate of drug-likeness (QED) is 0.816. The fourth-order valence-electron chi connectivity index (χ4n) is 1.71. The number of carbonyl (C=O) groups excluding carboxylic acids is 1. The van der Waals surface area contributed by atoms with Crippen LogP contribution in [0.3, 0.4) is 0 Å². The van der Waals surface area contributed by atoms with Crippen LogP contribution in [-0.2, 0) is 6.42 Å². The number of fused-ring (bicyclic) bond motifs is 1. The Bertz CT molecular complexity index is 374. The van der Waals surface area contributed by atoms with Crippen LogP contribution < -0.4 is 10.1 Å². The Kier molecular flexibility index (Phi) is 2.90. The van der Waals surface area contributed by atoms with Crippen LogP contribution in [0.25, 0.3) is 0 Å². The van der Waals surface area contributed by atoms with Gasteiger partial charge in [-0.3, -0.25) is 4.79 Å². The number of hydrogen-bond donors (Lipinski definition) is 1. The molecular formula is C12H15NO2. The predicted molar refractivity (Wildman–Crippen MR) is 58.3 cm³/mol. The standard InChI is InChI=1S/C12H15NO2/c1-2-7-15-10-3-4-11-9(8-10)5-6-13-12(11)14/h3-4,8H,2,5-7H2,1H3,(H,13,14). The third-order valence-electron chi connectivity index (χ3n) is 2.47. The van der Waals surface area contributed by atoms with Crippen LogP contribution in [0.4, 0.5) is 0 Å². The maximum Gasteiger partial charge on any atom is 0.251 e. The molecule has 0 unspecified atom stereocenters. The Balaban J connectivity index is 2.21. The molecule has 1 heterocycles. The molecule has 0 aliphatic carbocycles. The van der Waals surface area contributed by atoms with Crippen molar-refractivity contribution >= 4 is 5.91 Å². The summed E-state index contributed by atoms with van der Waals surface area (Å²) in [5.74, 6) is 0.892. The number of benzene rings is 1. The van der Waals surface area contributed by atoms with E-state index in [9.17, 15) is 4.79 Å². The van der Waals surface area contributed by atoms with Gasteiger partial charge < -0.3 is 10.1 Å². The minimum Gasteiger partial charge on any atom is -0.494 e. The molecule has 80 valence electrons. The monoisotopic (exact) mass is 205 g/mol. The van der Waals surface area contributed by atoms with Gasteiger partial charge in [-0.1, -0.05) is 6.92 Å². The molecule has 3 heteroatoms. The number of rotatable bonds is 3. The van der Waals surface area contributed by atoms with Crippen molar-refractivity contribution in [3.8, 4) is 5.75 Å². The van der Waals surface area contributed by atoms with Crippen LogP contribution in [0.15, 0.2) is 18.2 Å². The van der Waals surface area contributed by atoms with Crippen LogP contribution >= 0.6 is 0 Å². The number of hydrogen-bond acceptors (Lipinski definition) is 2. The van der Waals surface area contributed by atoms with E-state index in [1.165, 1.54) is 0 Å². The summed E-state index contributed by atoms with van der Waals surface area (Å²) in [5, 5.41) is 2.82. The molecule has 0 fully saturated rings. The normalized spacial score (nSPS) is 14.3. The summed E-state index contributed by atoms with van der Waals surface area (Å²) >= 11 is 0. The van der Waals surface area contributed by atoms with Gasteiger partial charge in [-0.15, -0.1) is 0 Å². The molecule has 1 N–H and O–H groups in total. The van der Waals surface area contributed by atoms with Crippen molar-refractivity contribution in [2.24, 2.45) is 0 Å². The van der Waals surface area contributed by atoms with Crippen molar-refractivity contribution in [1.82, 2.24) is 5.32 Å². The Morgan fingerprint density at radius 1 is 1.47 bits per heavy atom. The van der Waals surface area contributed by atoms with Crippen LogP contribution in [0, 0.1) is 0 Å². The van der Waals surface area contributed by atoms with Gasteiger partial charge in [-0.2, -0.15) is 0 Å². The smallest absolute Gasteiger partial charge is 0.251 e. The van der Waals surface area contributed by atoms with Gasteiger partial charge in [0.1, 0.15) is 5.75 Å². The number of ether oxygens (including phenoxy) is 1. The highest BCUT2D eigenvalue weighted by Crippen LogP contribution is 2.20. The van der Waals surface area contributed by atoms with Gasteiger partial charge in [0.05, 0.1) is 6.61 Å². The van der Waals surface area contributed by atoms with Gasteiger partial charge in [0, 0.05) is 12.1 Å². The summed E-state index contributed by atoms with van der Waals surface area (Å²) in [7, 11) is 0.